The van der Waals surface area contributed by atoms with Crippen molar-refractivity contribution in [3.05, 3.63) is 23.6 Å². The molecule has 72 valence electrons. The van der Waals surface area contributed by atoms with Crippen molar-refractivity contribution in [2.75, 3.05) is 5.73 Å². The summed E-state index contributed by atoms with van der Waals surface area (Å²) in [4.78, 5) is 0. The molecule has 0 aliphatic rings. The highest BCUT2D eigenvalue weighted by molar-refractivity contribution is 5.58. The molecule has 0 bridgehead atoms. The van der Waals surface area contributed by atoms with E-state index in [0.717, 1.165) is 5.69 Å². The van der Waals surface area contributed by atoms with Crippen molar-refractivity contribution in [1.82, 2.24) is 20.4 Å². The lowest BCUT2D eigenvalue weighted by molar-refractivity contribution is 0.635. The average molecular weight is 193 g/mol. The lowest BCUT2D eigenvalue weighted by atomic mass is 10.2. The van der Waals surface area contributed by atoms with Crippen molar-refractivity contribution in [1.29, 1.82) is 0 Å². The summed E-state index contributed by atoms with van der Waals surface area (Å²) in [7, 11) is 0. The van der Waals surface area contributed by atoms with Gasteiger partial charge in [-0.05, 0) is 19.1 Å². The van der Waals surface area contributed by atoms with Crippen molar-refractivity contribution in [2.45, 2.75) is 6.92 Å². The quantitative estimate of drug-likeness (QED) is 0.705. The number of halogens is 1. The lowest BCUT2D eigenvalue weighted by Crippen LogP contribution is -1.92. The van der Waals surface area contributed by atoms with Crippen LogP contribution in [0.3, 0.4) is 0 Å². The third-order valence-electron chi connectivity index (χ3n) is 1.79. The third kappa shape index (κ3) is 1.30. The first kappa shape index (κ1) is 8.61. The predicted molar refractivity (Wildman–Crippen MR) is 48.7 cm³/mol. The molecule has 6 heteroatoms. The van der Waals surface area contributed by atoms with Crippen molar-refractivity contribution in [2.24, 2.45) is 0 Å². The molecular weight excluding hydrogens is 185 g/mol. The van der Waals surface area contributed by atoms with Crippen LogP contribution in [0.25, 0.3) is 11.4 Å². The van der Waals surface area contributed by atoms with Crippen LogP contribution in [0.2, 0.25) is 0 Å². The Morgan fingerprint density at radius 2 is 2.14 bits per heavy atom. The molecule has 0 atom stereocenters. The molecule has 0 spiro atoms. The van der Waals surface area contributed by atoms with Crippen LogP contribution in [0.1, 0.15) is 5.69 Å². The van der Waals surface area contributed by atoms with E-state index >= 15 is 0 Å². The molecule has 0 aliphatic carbocycles. The van der Waals surface area contributed by atoms with Crippen LogP contribution in [0, 0.1) is 12.7 Å². The van der Waals surface area contributed by atoms with Crippen LogP contribution < -0.4 is 5.73 Å². The highest BCUT2D eigenvalue weighted by Gasteiger charge is 2.13. The number of aromatic amines is 1. The fourth-order valence-electron chi connectivity index (χ4n) is 1.04. The molecule has 0 unspecified atom stereocenters. The number of nitrogens with zero attached hydrogens (tertiary/aromatic N) is 3. The van der Waals surface area contributed by atoms with Gasteiger partial charge in [-0.25, -0.2) is 4.39 Å². The Kier molecular flexibility index (Phi) is 1.88. The summed E-state index contributed by atoms with van der Waals surface area (Å²) in [5.41, 5.74) is 6.56. The maximum atomic E-state index is 13.3. The zero-order chi connectivity index (χ0) is 10.1. The molecular formula is C8H8FN5. The third-order valence-corrected chi connectivity index (χ3v) is 1.79. The summed E-state index contributed by atoms with van der Waals surface area (Å²) in [6.45, 7) is 1.80. The van der Waals surface area contributed by atoms with Gasteiger partial charge in [0.2, 0.25) is 0 Å². The molecule has 14 heavy (non-hydrogen) atoms. The monoisotopic (exact) mass is 193 g/mol. The summed E-state index contributed by atoms with van der Waals surface area (Å²) in [6, 6.07) is 3.39. The van der Waals surface area contributed by atoms with Gasteiger partial charge in [-0.3, -0.25) is 5.10 Å². The Labute approximate surface area is 79.2 Å². The fourth-order valence-corrected chi connectivity index (χ4v) is 1.04. The Hall–Kier alpha value is -1.98. The second-order valence-electron chi connectivity index (χ2n) is 2.86. The van der Waals surface area contributed by atoms with E-state index in [-0.39, 0.29) is 11.5 Å². The fraction of sp³-hybridized carbons (Fsp3) is 0.125. The standard InChI is InChI=1S/C8H8FN5/c1-4-2-3-5(12-11-4)7-6(9)8(10)14-13-7/h2-3H,1H3,(H3,10,13,14). The molecule has 0 radical (unpaired) electrons. The topological polar surface area (TPSA) is 80.5 Å². The minimum Gasteiger partial charge on any atom is -0.380 e. The Bertz CT molecular complexity index is 447. The van der Waals surface area contributed by atoms with Gasteiger partial charge in [0.05, 0.1) is 5.69 Å². The van der Waals surface area contributed by atoms with E-state index in [4.69, 9.17) is 5.73 Å². The van der Waals surface area contributed by atoms with Gasteiger partial charge in [0, 0.05) is 0 Å². The number of hydrogen-bond acceptors (Lipinski definition) is 4. The molecule has 2 heterocycles. The van der Waals surface area contributed by atoms with E-state index in [1.165, 1.54) is 0 Å². The van der Waals surface area contributed by atoms with E-state index in [1.807, 2.05) is 0 Å². The molecule has 0 aliphatic heterocycles. The largest absolute Gasteiger partial charge is 0.380 e. The highest BCUT2D eigenvalue weighted by atomic mass is 19.1. The van der Waals surface area contributed by atoms with Crippen LogP contribution in [-0.4, -0.2) is 20.4 Å². The van der Waals surface area contributed by atoms with E-state index in [9.17, 15) is 4.39 Å². The normalized spacial score (nSPS) is 10.4. The van der Waals surface area contributed by atoms with Gasteiger partial charge >= 0.3 is 0 Å². The van der Waals surface area contributed by atoms with Gasteiger partial charge in [0.15, 0.2) is 11.6 Å². The Morgan fingerprint density at radius 1 is 1.36 bits per heavy atom. The molecule has 5 nitrogen and oxygen atoms in total. The molecule has 0 aromatic carbocycles. The molecule has 0 saturated heterocycles. The molecule has 0 saturated carbocycles. The number of anilines is 1. The SMILES string of the molecule is Cc1ccc(-c2[nH]nc(N)c2F)nn1. The number of hydrogen-bond donors (Lipinski definition) is 2. The molecule has 0 fully saturated rings. The molecule has 3 N–H and O–H groups in total. The summed E-state index contributed by atoms with van der Waals surface area (Å²) in [5.74, 6) is -0.759. The number of aryl methyl sites for hydroxylation is 1. The first-order valence-electron chi connectivity index (χ1n) is 3.98. The summed E-state index contributed by atoms with van der Waals surface area (Å²) >= 11 is 0. The van der Waals surface area contributed by atoms with Crippen molar-refractivity contribution in [3.8, 4) is 11.4 Å². The minimum absolute atomic E-state index is 0.162. The van der Waals surface area contributed by atoms with Crippen molar-refractivity contribution < 1.29 is 4.39 Å². The molecule has 2 aromatic rings. The number of H-pyrrole nitrogens is 1. The molecule has 2 rings (SSSR count). The van der Waals surface area contributed by atoms with E-state index in [0.29, 0.717) is 5.69 Å². The molecule has 2 aromatic heterocycles. The Morgan fingerprint density at radius 3 is 2.64 bits per heavy atom. The summed E-state index contributed by atoms with van der Waals surface area (Å²) < 4.78 is 13.3. The second kappa shape index (κ2) is 3.06. The van der Waals surface area contributed by atoms with Crippen LogP contribution in [0.5, 0.6) is 0 Å². The number of rotatable bonds is 1. The summed E-state index contributed by atoms with van der Waals surface area (Å²) in [5, 5.41) is 13.6. The van der Waals surface area contributed by atoms with Crippen molar-refractivity contribution in [3.63, 3.8) is 0 Å². The molecule has 0 amide bonds. The smallest absolute Gasteiger partial charge is 0.194 e. The second-order valence-corrected chi connectivity index (χ2v) is 2.86. The first-order valence-corrected chi connectivity index (χ1v) is 3.98. The van der Waals surface area contributed by atoms with Gasteiger partial charge in [-0.15, -0.1) is 5.10 Å². The van der Waals surface area contributed by atoms with E-state index < -0.39 is 5.82 Å². The van der Waals surface area contributed by atoms with Crippen LogP contribution in [0.15, 0.2) is 12.1 Å². The van der Waals surface area contributed by atoms with Crippen LogP contribution in [-0.2, 0) is 0 Å². The highest BCUT2D eigenvalue weighted by Crippen LogP contribution is 2.20. The van der Waals surface area contributed by atoms with Gasteiger partial charge in [-0.2, -0.15) is 10.2 Å². The summed E-state index contributed by atoms with van der Waals surface area (Å²) in [6.07, 6.45) is 0. The lowest BCUT2D eigenvalue weighted by Gasteiger charge is -1.95. The van der Waals surface area contributed by atoms with Gasteiger partial charge < -0.3 is 5.73 Å². The number of nitrogen functional groups attached to an aromatic ring is 1. The number of aromatic nitrogens is 4. The van der Waals surface area contributed by atoms with E-state index in [1.54, 1.807) is 19.1 Å². The van der Waals surface area contributed by atoms with Gasteiger partial charge in [-0.1, -0.05) is 0 Å². The van der Waals surface area contributed by atoms with Crippen molar-refractivity contribution >= 4 is 5.82 Å². The number of nitrogens with two attached hydrogens (primary N) is 1. The first-order chi connectivity index (χ1) is 6.68. The average Bonchev–Trinajstić information content (AvgIpc) is 2.50. The van der Waals surface area contributed by atoms with Crippen LogP contribution >= 0.6 is 0 Å². The van der Waals surface area contributed by atoms with Gasteiger partial charge in [0.1, 0.15) is 11.4 Å². The number of nitrogens with one attached hydrogen (secondary N) is 1. The zero-order valence-corrected chi connectivity index (χ0v) is 7.45. The van der Waals surface area contributed by atoms with E-state index in [2.05, 4.69) is 20.4 Å². The minimum atomic E-state index is -0.594. The zero-order valence-electron chi connectivity index (χ0n) is 7.45. The maximum absolute atomic E-state index is 13.3. The predicted octanol–water partition coefficient (Wildman–Crippen LogP) is 0.896. The maximum Gasteiger partial charge on any atom is 0.194 e. The van der Waals surface area contributed by atoms with Crippen LogP contribution in [0.4, 0.5) is 10.2 Å². The van der Waals surface area contributed by atoms with Gasteiger partial charge in [0.25, 0.3) is 0 Å². The Balaban J connectivity index is 2.49.